The molecule has 0 unspecified atom stereocenters. The van der Waals surface area contributed by atoms with Crippen LogP contribution in [0.2, 0.25) is 0 Å². The Kier molecular flexibility index (Phi) is 6.62. The molecule has 0 fully saturated rings. The van der Waals surface area contributed by atoms with Crippen molar-refractivity contribution in [2.24, 2.45) is 0 Å². The summed E-state index contributed by atoms with van der Waals surface area (Å²) >= 11 is 1.86. The summed E-state index contributed by atoms with van der Waals surface area (Å²) in [6, 6.07) is 24.7. The molecule has 0 radical (unpaired) electrons. The van der Waals surface area contributed by atoms with Crippen molar-refractivity contribution in [1.82, 2.24) is 0 Å². The van der Waals surface area contributed by atoms with Gasteiger partial charge in [0.05, 0.1) is 16.4 Å². The second-order valence-corrected chi connectivity index (χ2v) is 18.3. The van der Waals surface area contributed by atoms with Crippen LogP contribution in [0.3, 0.4) is 0 Å². The van der Waals surface area contributed by atoms with Crippen LogP contribution in [-0.4, -0.2) is 27.1 Å². The number of hydrogen-bond acceptors (Lipinski definition) is 9. The van der Waals surface area contributed by atoms with E-state index in [1.54, 1.807) is 0 Å². The van der Waals surface area contributed by atoms with Crippen LogP contribution in [0.25, 0.3) is 10.1 Å². The number of ether oxygens (including phenoxy) is 6. The summed E-state index contributed by atoms with van der Waals surface area (Å²) in [5, 5.41) is 2.48. The predicted octanol–water partition coefficient (Wildman–Crippen LogP) is 9.38. The molecule has 0 aliphatic carbocycles. The first kappa shape index (κ1) is 32.9. The molecule has 10 heteroatoms. The molecule has 6 aromatic rings. The minimum Gasteiger partial charge on any atom is -0.454 e. The lowest BCUT2D eigenvalue weighted by molar-refractivity contribution is 0.173. The Hall–Kier alpha value is -5.48. The average Bonchev–Trinajstić information content (AvgIpc) is 3.96. The second-order valence-electron chi connectivity index (χ2n) is 17.3. The molecule has 0 atom stereocenters. The van der Waals surface area contributed by atoms with E-state index in [0.717, 1.165) is 74.1 Å². The van der Waals surface area contributed by atoms with Crippen LogP contribution in [-0.2, 0) is 10.8 Å². The number of benzene rings is 5. The number of anilines is 6. The molecule has 55 heavy (non-hydrogen) atoms. The minimum atomic E-state index is -0.163. The Bertz CT molecular complexity index is 2670. The number of rotatable bonds is 2. The predicted molar refractivity (Wildman–Crippen MR) is 221 cm³/mol. The summed E-state index contributed by atoms with van der Waals surface area (Å²) in [5.74, 6) is 4.60. The summed E-state index contributed by atoms with van der Waals surface area (Å²) in [6.07, 6.45) is 0. The van der Waals surface area contributed by atoms with Crippen LogP contribution in [0.4, 0.5) is 33.4 Å². The van der Waals surface area contributed by atoms with E-state index in [1.807, 2.05) is 17.4 Å². The van der Waals surface area contributed by atoms with Crippen molar-refractivity contribution < 1.29 is 28.4 Å². The van der Waals surface area contributed by atoms with E-state index >= 15 is 0 Å². The third-order valence-electron chi connectivity index (χ3n) is 11.8. The van der Waals surface area contributed by atoms with Crippen LogP contribution in [0.15, 0.2) is 66.7 Å². The Morgan fingerprint density at radius 1 is 0.582 bits per heavy atom. The van der Waals surface area contributed by atoms with Crippen LogP contribution >= 0.6 is 11.3 Å². The van der Waals surface area contributed by atoms with Gasteiger partial charge in [-0.1, -0.05) is 53.7 Å². The number of aryl methyl sites for hydroxylation is 1. The van der Waals surface area contributed by atoms with E-state index in [9.17, 15) is 0 Å². The Morgan fingerprint density at radius 3 is 1.98 bits per heavy atom. The fourth-order valence-corrected chi connectivity index (χ4v) is 10.3. The smallest absolute Gasteiger partial charge is 0.254 e. The molecule has 0 spiro atoms. The van der Waals surface area contributed by atoms with E-state index in [4.69, 9.17) is 28.4 Å². The molecule has 276 valence electrons. The summed E-state index contributed by atoms with van der Waals surface area (Å²) in [4.78, 5) is 4.92. The first-order chi connectivity index (χ1) is 26.3. The molecule has 5 aliphatic heterocycles. The first-order valence-corrected chi connectivity index (χ1v) is 19.8. The number of hydrogen-bond donors (Lipinski definition) is 0. The number of fused-ring (bicyclic) bond motifs is 9. The van der Waals surface area contributed by atoms with E-state index in [1.165, 1.54) is 42.6 Å². The van der Waals surface area contributed by atoms with Gasteiger partial charge in [-0.2, -0.15) is 0 Å². The second kappa shape index (κ2) is 11.1. The van der Waals surface area contributed by atoms with Crippen LogP contribution in [0.1, 0.15) is 63.8 Å². The topological polar surface area (TPSA) is 61.9 Å². The molecule has 8 nitrogen and oxygen atoms in total. The van der Waals surface area contributed by atoms with Gasteiger partial charge in [-0.3, -0.25) is 0 Å². The lowest BCUT2D eigenvalue weighted by Gasteiger charge is -2.44. The number of thiophene rings is 1. The highest BCUT2D eigenvalue weighted by atomic mass is 32.1. The van der Waals surface area contributed by atoms with E-state index < -0.39 is 0 Å². The van der Waals surface area contributed by atoms with Gasteiger partial charge in [-0.15, -0.1) is 11.3 Å². The van der Waals surface area contributed by atoms with Crippen molar-refractivity contribution in [2.75, 3.05) is 30.2 Å². The fourth-order valence-electron chi connectivity index (χ4n) is 9.03. The van der Waals surface area contributed by atoms with E-state index in [-0.39, 0.29) is 37.9 Å². The largest absolute Gasteiger partial charge is 0.454 e. The van der Waals surface area contributed by atoms with Crippen molar-refractivity contribution in [3.8, 4) is 34.5 Å². The van der Waals surface area contributed by atoms with Crippen LogP contribution in [0.5, 0.6) is 34.5 Å². The summed E-state index contributed by atoms with van der Waals surface area (Å²) in [6.45, 7) is 18.6. The zero-order chi connectivity index (χ0) is 37.7. The van der Waals surface area contributed by atoms with E-state index in [0.29, 0.717) is 0 Å². The molecule has 0 saturated heterocycles. The lowest BCUT2D eigenvalue weighted by Crippen LogP contribution is -2.61. The highest BCUT2D eigenvalue weighted by molar-refractivity contribution is 7.26. The van der Waals surface area contributed by atoms with Gasteiger partial charge in [-0.25, -0.2) is 0 Å². The van der Waals surface area contributed by atoms with Gasteiger partial charge in [0.2, 0.25) is 20.4 Å². The van der Waals surface area contributed by atoms with Crippen molar-refractivity contribution in [3.63, 3.8) is 0 Å². The lowest BCUT2D eigenvalue weighted by atomic mass is 9.33. The maximum absolute atomic E-state index is 6.16. The zero-order valence-electron chi connectivity index (χ0n) is 32.3. The normalized spacial score (nSPS) is 15.8. The van der Waals surface area contributed by atoms with E-state index in [2.05, 4.69) is 126 Å². The van der Waals surface area contributed by atoms with Crippen LogP contribution in [0, 0.1) is 13.8 Å². The van der Waals surface area contributed by atoms with Crippen molar-refractivity contribution in [2.45, 2.75) is 66.2 Å². The molecular formula is C45H41BN2O6S. The minimum absolute atomic E-state index is 0.0286. The van der Waals surface area contributed by atoms with Crippen molar-refractivity contribution in [3.05, 3.63) is 89.0 Å². The molecule has 6 heterocycles. The Balaban J connectivity index is 1.30. The molecular weight excluding hydrogens is 707 g/mol. The third kappa shape index (κ3) is 4.64. The fraction of sp³-hybridized carbons (Fsp3) is 0.289. The first-order valence-electron chi connectivity index (χ1n) is 18.9. The molecule has 0 amide bonds. The molecule has 0 bridgehead atoms. The van der Waals surface area contributed by atoms with Gasteiger partial charge in [0.15, 0.2) is 34.5 Å². The average molecular weight is 749 g/mol. The maximum atomic E-state index is 6.16. The molecule has 5 aliphatic rings. The van der Waals surface area contributed by atoms with Gasteiger partial charge < -0.3 is 38.2 Å². The maximum Gasteiger partial charge on any atom is 0.254 e. The van der Waals surface area contributed by atoms with Gasteiger partial charge >= 0.3 is 0 Å². The SMILES string of the molecule is Cc1cc2c(c(C)c1N1c3cc(C(C)(C)C)cc4c3B(c3cc5c(cc3N4c3ccc4c(c3)OCO4)OCO5)c3c1sc1ccc(C(C)(C)C)cc31)OCO2. The molecule has 0 N–H and O–H groups in total. The van der Waals surface area contributed by atoms with Gasteiger partial charge in [0.1, 0.15) is 0 Å². The van der Waals surface area contributed by atoms with Gasteiger partial charge in [0, 0.05) is 39.5 Å². The summed E-state index contributed by atoms with van der Waals surface area (Å²) < 4.78 is 37.3. The molecule has 1 aromatic heterocycles. The highest BCUT2D eigenvalue weighted by Crippen LogP contribution is 2.54. The Morgan fingerprint density at radius 2 is 1.24 bits per heavy atom. The van der Waals surface area contributed by atoms with Crippen molar-refractivity contribution >= 4 is 78.0 Å². The Labute approximate surface area is 325 Å². The van der Waals surface area contributed by atoms with Gasteiger partial charge in [0.25, 0.3) is 6.71 Å². The zero-order valence-corrected chi connectivity index (χ0v) is 33.1. The number of nitrogens with zero attached hydrogens (tertiary/aromatic N) is 2. The third-order valence-corrected chi connectivity index (χ3v) is 13.0. The molecule has 11 rings (SSSR count). The molecule has 0 saturated carbocycles. The summed E-state index contributed by atoms with van der Waals surface area (Å²) in [5.41, 5.74) is 13.7. The van der Waals surface area contributed by atoms with Crippen molar-refractivity contribution in [1.29, 1.82) is 0 Å². The van der Waals surface area contributed by atoms with Crippen LogP contribution < -0.4 is 54.6 Å². The monoisotopic (exact) mass is 748 g/mol. The van der Waals surface area contributed by atoms with Gasteiger partial charge in [-0.05, 0) is 106 Å². The quantitative estimate of drug-likeness (QED) is 0.162. The highest BCUT2D eigenvalue weighted by Gasteiger charge is 2.47. The summed E-state index contributed by atoms with van der Waals surface area (Å²) in [7, 11) is 0. The molecule has 5 aromatic carbocycles. The standard InChI is InChI=1S/C45H41BN2O6S/c1-23-13-37-42(54-22-53-37)24(2)41(23)48-32-16-26(45(6,7)8)15-31-40(32)46(39-28-14-25(44(3,4)5)9-12-38(28)55-43(39)48)29-18-35-36(52-21-51-35)19-30(29)47(31)27-10-11-33-34(17-27)50-20-49-33/h9-19H,20-22H2,1-8H3.